The van der Waals surface area contributed by atoms with Gasteiger partial charge >= 0.3 is 11.9 Å². The maximum absolute atomic E-state index is 13.1. The van der Waals surface area contributed by atoms with Crippen molar-refractivity contribution < 1.29 is 31.1 Å². The van der Waals surface area contributed by atoms with Gasteiger partial charge in [-0.1, -0.05) is 6.07 Å². The fourth-order valence-electron chi connectivity index (χ4n) is 3.39. The van der Waals surface area contributed by atoms with E-state index in [9.17, 15) is 26.4 Å². The molecule has 3 rings (SSSR count). The molecule has 0 aliphatic heterocycles. The number of ether oxygens (including phenoxy) is 2. The molecule has 0 saturated carbocycles. The second-order valence-electron chi connectivity index (χ2n) is 6.98. The Bertz CT molecular complexity index is 1260. The van der Waals surface area contributed by atoms with Gasteiger partial charge in [-0.15, -0.1) is 0 Å². The van der Waals surface area contributed by atoms with Crippen LogP contribution in [0.25, 0.3) is 11.0 Å². The van der Waals surface area contributed by atoms with Gasteiger partial charge in [-0.3, -0.25) is 4.57 Å². The third kappa shape index (κ3) is 4.87. The Morgan fingerprint density at radius 3 is 2.42 bits per heavy atom. The average molecular weight is 458 g/mol. The lowest BCUT2D eigenvalue weighted by atomic mass is 10.1. The highest BCUT2D eigenvalue weighted by Gasteiger charge is 2.32. The summed E-state index contributed by atoms with van der Waals surface area (Å²) in [5, 5.41) is 0. The number of nitrogens with zero attached hydrogens (tertiary/aromatic N) is 1. The number of benzene rings is 2. The smallest absolute Gasteiger partial charge is 0.416 e. The fraction of sp³-hybridized carbons (Fsp3) is 0.350. The number of methoxy groups -OCH3 is 1. The van der Waals surface area contributed by atoms with Gasteiger partial charge in [0.25, 0.3) is 0 Å². The summed E-state index contributed by atoms with van der Waals surface area (Å²) in [5.74, 6) is 0.330. The number of hydrogen-bond acceptors (Lipinski definition) is 5. The van der Waals surface area contributed by atoms with Crippen molar-refractivity contribution in [2.45, 2.75) is 19.1 Å². The molecule has 1 aromatic heterocycles. The van der Waals surface area contributed by atoms with Crippen LogP contribution in [0.5, 0.6) is 11.5 Å². The highest BCUT2D eigenvalue weighted by Crippen LogP contribution is 2.34. The molecule has 0 amide bonds. The highest BCUT2D eigenvalue weighted by atomic mass is 32.2. The Hall–Kier alpha value is -2.95. The summed E-state index contributed by atoms with van der Waals surface area (Å²) in [6, 6.07) is 6.56. The number of sulfone groups is 1. The topological polar surface area (TPSA) is 90.4 Å². The van der Waals surface area contributed by atoms with E-state index in [-0.39, 0.29) is 11.0 Å². The Morgan fingerprint density at radius 1 is 1.13 bits per heavy atom. The fourth-order valence-corrected chi connectivity index (χ4v) is 4.31. The zero-order valence-electron chi connectivity index (χ0n) is 17.0. The molecular weight excluding hydrogens is 437 g/mol. The molecule has 0 spiro atoms. The highest BCUT2D eigenvalue weighted by molar-refractivity contribution is 7.90. The Balaban J connectivity index is 2.23. The lowest BCUT2D eigenvalue weighted by Crippen LogP contribution is -2.28. The van der Waals surface area contributed by atoms with Crippen molar-refractivity contribution in [3.8, 4) is 11.5 Å². The number of rotatable bonds is 7. The van der Waals surface area contributed by atoms with E-state index in [1.54, 1.807) is 25.1 Å². The number of alkyl halides is 3. The number of hydrogen-bond donors (Lipinski definition) is 1. The molecule has 1 heterocycles. The zero-order valence-corrected chi connectivity index (χ0v) is 17.8. The van der Waals surface area contributed by atoms with E-state index in [4.69, 9.17) is 9.47 Å². The molecule has 31 heavy (non-hydrogen) atoms. The summed E-state index contributed by atoms with van der Waals surface area (Å²) in [6.45, 7) is 2.09. The van der Waals surface area contributed by atoms with Gasteiger partial charge in [-0.25, -0.2) is 13.2 Å². The van der Waals surface area contributed by atoms with E-state index in [0.29, 0.717) is 23.7 Å². The molecule has 0 bridgehead atoms. The summed E-state index contributed by atoms with van der Waals surface area (Å²) in [6.07, 6.45) is -3.56. The van der Waals surface area contributed by atoms with Crippen LogP contribution in [0.3, 0.4) is 0 Å². The normalized spacial score (nSPS) is 13.4. The number of nitrogens with one attached hydrogen (secondary N) is 1. The molecule has 0 saturated heterocycles. The van der Waals surface area contributed by atoms with E-state index >= 15 is 0 Å². The predicted molar refractivity (Wildman–Crippen MR) is 110 cm³/mol. The third-order valence-electron chi connectivity index (χ3n) is 4.69. The van der Waals surface area contributed by atoms with Crippen molar-refractivity contribution in [3.05, 3.63) is 58.0 Å². The van der Waals surface area contributed by atoms with Crippen LogP contribution >= 0.6 is 0 Å². The lowest BCUT2D eigenvalue weighted by molar-refractivity contribution is -0.137. The summed E-state index contributed by atoms with van der Waals surface area (Å²) in [7, 11) is -2.13. The zero-order chi connectivity index (χ0) is 23.0. The van der Waals surface area contributed by atoms with Crippen molar-refractivity contribution in [1.29, 1.82) is 0 Å². The van der Waals surface area contributed by atoms with Gasteiger partial charge in [0.15, 0.2) is 11.5 Å². The summed E-state index contributed by atoms with van der Waals surface area (Å²) >= 11 is 0. The van der Waals surface area contributed by atoms with E-state index in [2.05, 4.69) is 4.98 Å². The molecule has 1 atom stereocenters. The van der Waals surface area contributed by atoms with Gasteiger partial charge in [0.05, 0.1) is 42.1 Å². The molecule has 1 N–H and O–H groups in total. The van der Waals surface area contributed by atoms with Crippen LogP contribution < -0.4 is 15.2 Å². The maximum Gasteiger partial charge on any atom is 0.416 e. The van der Waals surface area contributed by atoms with E-state index in [1.165, 1.54) is 7.11 Å². The quantitative estimate of drug-likeness (QED) is 0.586. The molecule has 1 unspecified atom stereocenters. The second-order valence-corrected chi connectivity index (χ2v) is 9.17. The van der Waals surface area contributed by atoms with Gasteiger partial charge < -0.3 is 14.5 Å². The SMILES string of the molecule is CCOc1cc(C(CS(C)(=O)=O)n2c(=O)[nH]c3cc(C(F)(F)F)ccc32)ccc1OC. The summed E-state index contributed by atoms with van der Waals surface area (Å²) in [5.41, 5.74) is -1.11. The first-order valence-electron chi connectivity index (χ1n) is 9.24. The number of aromatic amines is 1. The molecule has 0 aliphatic rings. The molecule has 0 fully saturated rings. The minimum atomic E-state index is -4.58. The van der Waals surface area contributed by atoms with Crippen LogP contribution in [0.4, 0.5) is 13.2 Å². The lowest BCUT2D eigenvalue weighted by Gasteiger charge is -2.20. The van der Waals surface area contributed by atoms with Crippen LogP contribution in [0.2, 0.25) is 0 Å². The van der Waals surface area contributed by atoms with Crippen molar-refractivity contribution >= 4 is 20.9 Å². The first-order chi connectivity index (χ1) is 14.4. The van der Waals surface area contributed by atoms with Gasteiger partial charge in [-0.05, 0) is 42.8 Å². The van der Waals surface area contributed by atoms with Crippen molar-refractivity contribution in [2.75, 3.05) is 25.7 Å². The van der Waals surface area contributed by atoms with Crippen molar-refractivity contribution in [1.82, 2.24) is 9.55 Å². The van der Waals surface area contributed by atoms with Gasteiger partial charge in [0, 0.05) is 6.26 Å². The number of aromatic nitrogens is 2. The minimum Gasteiger partial charge on any atom is -0.493 e. The molecule has 2 aromatic carbocycles. The van der Waals surface area contributed by atoms with Crippen molar-refractivity contribution in [3.63, 3.8) is 0 Å². The van der Waals surface area contributed by atoms with Gasteiger partial charge in [0.1, 0.15) is 9.84 Å². The molecule has 3 aromatic rings. The minimum absolute atomic E-state index is 0.0446. The molecule has 168 valence electrons. The average Bonchev–Trinajstić information content (AvgIpc) is 2.99. The Morgan fingerprint density at radius 2 is 1.84 bits per heavy atom. The van der Waals surface area contributed by atoms with Crippen LogP contribution in [0.1, 0.15) is 24.1 Å². The summed E-state index contributed by atoms with van der Waals surface area (Å²) < 4.78 is 75.4. The molecule has 0 aliphatic carbocycles. The van der Waals surface area contributed by atoms with Gasteiger partial charge in [-0.2, -0.15) is 13.2 Å². The third-order valence-corrected chi connectivity index (χ3v) is 5.61. The first kappa shape index (κ1) is 22.7. The van der Waals surface area contributed by atoms with E-state index in [1.807, 2.05) is 0 Å². The maximum atomic E-state index is 13.1. The number of H-pyrrole nitrogens is 1. The van der Waals surface area contributed by atoms with Crippen LogP contribution in [0.15, 0.2) is 41.2 Å². The number of imidazole rings is 1. The Kier molecular flexibility index (Phi) is 6.08. The van der Waals surface area contributed by atoms with Gasteiger partial charge in [0.2, 0.25) is 0 Å². The number of fused-ring (bicyclic) bond motifs is 1. The first-order valence-corrected chi connectivity index (χ1v) is 11.3. The number of halogens is 3. The molecule has 11 heteroatoms. The van der Waals surface area contributed by atoms with E-state index < -0.39 is 39.1 Å². The van der Waals surface area contributed by atoms with Crippen LogP contribution in [-0.4, -0.2) is 43.7 Å². The Labute approximate surface area is 176 Å². The molecular formula is C20H21F3N2O5S. The summed E-state index contributed by atoms with van der Waals surface area (Å²) in [4.78, 5) is 15.1. The monoisotopic (exact) mass is 458 g/mol. The van der Waals surface area contributed by atoms with Crippen molar-refractivity contribution in [2.24, 2.45) is 0 Å². The van der Waals surface area contributed by atoms with Crippen LogP contribution in [-0.2, 0) is 16.0 Å². The molecule has 7 nitrogen and oxygen atoms in total. The molecule has 0 radical (unpaired) electrons. The second kappa shape index (κ2) is 8.29. The largest absolute Gasteiger partial charge is 0.493 e. The standard InChI is InChI=1S/C20H21F3N2O5S/c1-4-30-18-9-12(5-8-17(18)29-2)16(11-31(3,27)28)25-15-7-6-13(20(21,22)23)10-14(15)24-19(25)26/h5-10,16H,4,11H2,1-3H3,(H,24,26). The van der Waals surface area contributed by atoms with E-state index in [0.717, 1.165) is 29.0 Å². The predicted octanol–water partition coefficient (Wildman–Crippen LogP) is 3.39. The van der Waals surface area contributed by atoms with Crippen LogP contribution in [0, 0.1) is 0 Å².